The standard InChI is InChI=1S/C11H13NO3/c1-2-3-8-6-9(12)4-5-10(8)15-7-11(13)14/h2,4-6H,1,3,7,12H2,(H,13,14). The first-order valence-electron chi connectivity index (χ1n) is 4.47. The highest BCUT2D eigenvalue weighted by molar-refractivity contribution is 5.68. The number of allylic oxidation sites excluding steroid dienone is 1. The van der Waals surface area contributed by atoms with Crippen LogP contribution in [0, 0.1) is 0 Å². The maximum absolute atomic E-state index is 10.3. The van der Waals surface area contributed by atoms with E-state index in [1.807, 2.05) is 0 Å². The lowest BCUT2D eigenvalue weighted by molar-refractivity contribution is -0.139. The molecule has 0 saturated carbocycles. The average molecular weight is 207 g/mol. The summed E-state index contributed by atoms with van der Waals surface area (Å²) in [4.78, 5) is 10.3. The Balaban J connectivity index is 2.84. The van der Waals surface area contributed by atoms with Crippen molar-refractivity contribution in [2.24, 2.45) is 0 Å². The third-order valence-corrected chi connectivity index (χ3v) is 1.80. The highest BCUT2D eigenvalue weighted by atomic mass is 16.5. The van der Waals surface area contributed by atoms with Gasteiger partial charge in [-0.3, -0.25) is 0 Å². The number of benzene rings is 1. The molecule has 0 aliphatic rings. The molecule has 1 aromatic rings. The van der Waals surface area contributed by atoms with Crippen LogP contribution in [0.2, 0.25) is 0 Å². The van der Waals surface area contributed by atoms with Crippen molar-refractivity contribution < 1.29 is 14.6 Å². The van der Waals surface area contributed by atoms with Crippen LogP contribution >= 0.6 is 0 Å². The molecule has 0 aromatic heterocycles. The van der Waals surface area contributed by atoms with Crippen molar-refractivity contribution in [3.05, 3.63) is 36.4 Å². The second-order valence-corrected chi connectivity index (χ2v) is 3.04. The first-order valence-corrected chi connectivity index (χ1v) is 4.47. The molecule has 15 heavy (non-hydrogen) atoms. The second kappa shape index (κ2) is 5.05. The summed E-state index contributed by atoms with van der Waals surface area (Å²) in [6.07, 6.45) is 2.31. The number of hydrogen-bond acceptors (Lipinski definition) is 3. The molecule has 0 unspecified atom stereocenters. The van der Waals surface area contributed by atoms with Gasteiger partial charge in [0.15, 0.2) is 6.61 Å². The van der Waals surface area contributed by atoms with E-state index in [0.29, 0.717) is 17.9 Å². The molecule has 3 N–H and O–H groups in total. The highest BCUT2D eigenvalue weighted by Gasteiger charge is 2.05. The summed E-state index contributed by atoms with van der Waals surface area (Å²) in [5, 5.41) is 8.48. The Bertz CT molecular complexity index is 374. The normalized spacial score (nSPS) is 9.60. The van der Waals surface area contributed by atoms with Crippen molar-refractivity contribution >= 4 is 11.7 Å². The number of nitrogens with two attached hydrogens (primary N) is 1. The molecule has 1 aromatic carbocycles. The van der Waals surface area contributed by atoms with Crippen LogP contribution in [0.3, 0.4) is 0 Å². The van der Waals surface area contributed by atoms with Gasteiger partial charge in [0, 0.05) is 5.69 Å². The Hall–Kier alpha value is -1.97. The van der Waals surface area contributed by atoms with Crippen molar-refractivity contribution in [1.82, 2.24) is 0 Å². The van der Waals surface area contributed by atoms with Gasteiger partial charge in [-0.15, -0.1) is 6.58 Å². The summed E-state index contributed by atoms with van der Waals surface area (Å²) in [7, 11) is 0. The SMILES string of the molecule is C=CCc1cc(N)ccc1OCC(=O)O. The van der Waals surface area contributed by atoms with Gasteiger partial charge in [0.1, 0.15) is 5.75 Å². The molecule has 0 radical (unpaired) electrons. The zero-order valence-corrected chi connectivity index (χ0v) is 8.27. The predicted octanol–water partition coefficient (Wildman–Crippen LogP) is 1.46. The lowest BCUT2D eigenvalue weighted by atomic mass is 10.1. The number of carboxylic acid groups (broad SMARTS) is 1. The fraction of sp³-hybridized carbons (Fsp3) is 0.182. The first kappa shape index (κ1) is 11.1. The molecular formula is C11H13NO3. The van der Waals surface area contributed by atoms with Crippen LogP contribution in [0.25, 0.3) is 0 Å². The summed E-state index contributed by atoms with van der Waals surface area (Å²) in [6, 6.07) is 5.08. The molecule has 1 rings (SSSR count). The van der Waals surface area contributed by atoms with E-state index in [1.165, 1.54) is 0 Å². The zero-order valence-electron chi connectivity index (χ0n) is 8.27. The van der Waals surface area contributed by atoms with E-state index in [2.05, 4.69) is 6.58 Å². The summed E-state index contributed by atoms with van der Waals surface area (Å²) in [5.41, 5.74) is 7.07. The maximum atomic E-state index is 10.3. The number of hydrogen-bond donors (Lipinski definition) is 2. The third-order valence-electron chi connectivity index (χ3n) is 1.80. The lowest BCUT2D eigenvalue weighted by Gasteiger charge is -2.09. The zero-order chi connectivity index (χ0) is 11.3. The topological polar surface area (TPSA) is 72.5 Å². The Labute approximate surface area is 88.0 Å². The van der Waals surface area contributed by atoms with E-state index in [1.54, 1.807) is 24.3 Å². The number of carbonyl (C=O) groups is 1. The van der Waals surface area contributed by atoms with Gasteiger partial charge < -0.3 is 15.6 Å². The van der Waals surface area contributed by atoms with Crippen LogP contribution in [0.4, 0.5) is 5.69 Å². The number of anilines is 1. The number of aliphatic carboxylic acids is 1. The van der Waals surface area contributed by atoms with Crippen molar-refractivity contribution in [2.75, 3.05) is 12.3 Å². The minimum Gasteiger partial charge on any atom is -0.482 e. The summed E-state index contributed by atoms with van der Waals surface area (Å²) in [5.74, 6) is -0.470. The van der Waals surface area contributed by atoms with E-state index in [9.17, 15) is 4.79 Å². The Morgan fingerprint density at radius 3 is 2.93 bits per heavy atom. The minimum atomic E-state index is -1.00. The lowest BCUT2D eigenvalue weighted by Crippen LogP contribution is -2.10. The van der Waals surface area contributed by atoms with Crippen LogP contribution in [0.15, 0.2) is 30.9 Å². The summed E-state index contributed by atoms with van der Waals surface area (Å²) in [6.45, 7) is 3.26. The molecular weight excluding hydrogens is 194 g/mol. The van der Waals surface area contributed by atoms with Gasteiger partial charge in [-0.1, -0.05) is 6.08 Å². The average Bonchev–Trinajstić information content (AvgIpc) is 2.17. The molecule has 0 atom stereocenters. The Kier molecular flexibility index (Phi) is 3.74. The van der Waals surface area contributed by atoms with Crippen molar-refractivity contribution in [3.63, 3.8) is 0 Å². The molecule has 4 heteroatoms. The van der Waals surface area contributed by atoms with Gasteiger partial charge in [0.2, 0.25) is 0 Å². The number of carboxylic acids is 1. The number of rotatable bonds is 5. The molecule has 4 nitrogen and oxygen atoms in total. The molecule has 0 amide bonds. The van der Waals surface area contributed by atoms with Gasteiger partial charge in [0.25, 0.3) is 0 Å². The highest BCUT2D eigenvalue weighted by Crippen LogP contribution is 2.22. The smallest absolute Gasteiger partial charge is 0.341 e. The molecule has 0 spiro atoms. The van der Waals surface area contributed by atoms with Crippen molar-refractivity contribution in [3.8, 4) is 5.75 Å². The molecule has 0 fully saturated rings. The van der Waals surface area contributed by atoms with Gasteiger partial charge in [-0.25, -0.2) is 4.79 Å². The molecule has 0 aliphatic carbocycles. The Morgan fingerprint density at radius 2 is 2.33 bits per heavy atom. The summed E-state index contributed by atoms with van der Waals surface area (Å²) < 4.78 is 5.10. The maximum Gasteiger partial charge on any atom is 0.341 e. The van der Waals surface area contributed by atoms with E-state index in [-0.39, 0.29) is 6.61 Å². The molecule has 0 aliphatic heterocycles. The van der Waals surface area contributed by atoms with Gasteiger partial charge in [-0.2, -0.15) is 0 Å². The molecule has 0 saturated heterocycles. The van der Waals surface area contributed by atoms with Crippen LogP contribution < -0.4 is 10.5 Å². The fourth-order valence-corrected chi connectivity index (χ4v) is 1.19. The van der Waals surface area contributed by atoms with Crippen LogP contribution in [-0.4, -0.2) is 17.7 Å². The number of nitrogen functional groups attached to an aromatic ring is 1. The van der Waals surface area contributed by atoms with E-state index < -0.39 is 5.97 Å². The van der Waals surface area contributed by atoms with Crippen LogP contribution in [-0.2, 0) is 11.2 Å². The summed E-state index contributed by atoms with van der Waals surface area (Å²) >= 11 is 0. The van der Waals surface area contributed by atoms with Gasteiger partial charge in [0.05, 0.1) is 0 Å². The first-order chi connectivity index (χ1) is 7.13. The Morgan fingerprint density at radius 1 is 1.60 bits per heavy atom. The van der Waals surface area contributed by atoms with Crippen LogP contribution in [0.5, 0.6) is 5.75 Å². The molecule has 0 bridgehead atoms. The van der Waals surface area contributed by atoms with E-state index >= 15 is 0 Å². The minimum absolute atomic E-state index is 0.353. The van der Waals surface area contributed by atoms with Crippen molar-refractivity contribution in [2.45, 2.75) is 6.42 Å². The monoisotopic (exact) mass is 207 g/mol. The quantitative estimate of drug-likeness (QED) is 0.566. The fourth-order valence-electron chi connectivity index (χ4n) is 1.19. The molecule has 0 heterocycles. The number of ether oxygens (including phenoxy) is 1. The van der Waals surface area contributed by atoms with E-state index in [0.717, 1.165) is 5.56 Å². The van der Waals surface area contributed by atoms with Crippen LogP contribution in [0.1, 0.15) is 5.56 Å². The van der Waals surface area contributed by atoms with Crippen molar-refractivity contribution in [1.29, 1.82) is 0 Å². The second-order valence-electron chi connectivity index (χ2n) is 3.04. The van der Waals surface area contributed by atoms with E-state index in [4.69, 9.17) is 15.6 Å². The third kappa shape index (κ3) is 3.34. The van der Waals surface area contributed by atoms with Gasteiger partial charge in [-0.05, 0) is 30.2 Å². The molecule has 80 valence electrons. The predicted molar refractivity (Wildman–Crippen MR) is 57.9 cm³/mol. The van der Waals surface area contributed by atoms with Gasteiger partial charge >= 0.3 is 5.97 Å². The largest absolute Gasteiger partial charge is 0.482 e.